The molecule has 0 atom stereocenters. The number of hydrogen-bond donors (Lipinski definition) is 0. The van der Waals surface area contributed by atoms with E-state index in [1.807, 2.05) is 0 Å². The van der Waals surface area contributed by atoms with Crippen LogP contribution in [0.25, 0.3) is 0 Å². The predicted molar refractivity (Wildman–Crippen MR) is 18.7 cm³/mol. The van der Waals surface area contributed by atoms with Gasteiger partial charge in [-0.15, -0.1) is 4.79 Å². The van der Waals surface area contributed by atoms with Gasteiger partial charge in [-0.1, -0.05) is 4.48 Å². The van der Waals surface area contributed by atoms with Gasteiger partial charge in [-0.05, 0) is 0 Å². The molecule has 2 nitrogen and oxygen atoms in total. The van der Waals surface area contributed by atoms with E-state index >= 15 is 0 Å². The molecule has 0 radical (unpaired) electrons. The molecule has 4 heteroatoms. The Morgan fingerprint density at radius 3 is 2.57 bits per heavy atom. The molecule has 1 aromatic rings. The van der Waals surface area contributed by atoms with Crippen molar-refractivity contribution in [1.82, 2.24) is 9.77 Å². The van der Waals surface area contributed by atoms with Gasteiger partial charge in [-0.3, -0.25) is 0 Å². The van der Waals surface area contributed by atoms with E-state index in [9.17, 15) is 8.87 Å². The SMILES string of the molecule is Fc1nccn1F. The first-order valence-electron chi connectivity index (χ1n) is 1.65. The minimum Gasteiger partial charge on any atom is -0.209 e. The standard InChI is InChI=1S/C3H2F2N2/c4-3-6-1-2-7(3)5/h1-2H. The van der Waals surface area contributed by atoms with Gasteiger partial charge in [-0.2, -0.15) is 4.39 Å². The van der Waals surface area contributed by atoms with Crippen molar-refractivity contribution in [2.24, 2.45) is 0 Å². The van der Waals surface area contributed by atoms with Gasteiger partial charge in [0.2, 0.25) is 0 Å². The summed E-state index contributed by atoms with van der Waals surface area (Å²) in [7, 11) is 0. The first kappa shape index (κ1) is 4.23. The van der Waals surface area contributed by atoms with E-state index in [-0.39, 0.29) is 4.79 Å². The minimum atomic E-state index is -1.11. The van der Waals surface area contributed by atoms with Gasteiger partial charge in [0.15, 0.2) is 0 Å². The van der Waals surface area contributed by atoms with Crippen LogP contribution in [-0.4, -0.2) is 9.77 Å². The summed E-state index contributed by atoms with van der Waals surface area (Å²) in [5.41, 5.74) is 0. The molecule has 0 aromatic carbocycles. The molecule has 7 heavy (non-hydrogen) atoms. The summed E-state index contributed by atoms with van der Waals surface area (Å²) in [5.74, 6) is 0. The van der Waals surface area contributed by atoms with Crippen LogP contribution < -0.4 is 0 Å². The first-order chi connectivity index (χ1) is 3.30. The third kappa shape index (κ3) is 0.581. The maximum atomic E-state index is 11.6. The van der Waals surface area contributed by atoms with Crippen LogP contribution in [-0.2, 0) is 0 Å². The molecule has 0 aliphatic heterocycles. The van der Waals surface area contributed by atoms with Crippen LogP contribution in [0.15, 0.2) is 12.4 Å². The zero-order chi connectivity index (χ0) is 5.28. The molecule has 0 aliphatic rings. The quantitative estimate of drug-likeness (QED) is 0.475. The Kier molecular flexibility index (Phi) is 0.780. The van der Waals surface area contributed by atoms with Crippen LogP contribution in [0.3, 0.4) is 0 Å². The monoisotopic (exact) mass is 104 g/mol. The maximum Gasteiger partial charge on any atom is 0.317 e. The van der Waals surface area contributed by atoms with Crippen molar-refractivity contribution in [3.05, 3.63) is 18.5 Å². The fourth-order valence-electron chi connectivity index (χ4n) is 0.270. The third-order valence-electron chi connectivity index (χ3n) is 0.555. The third-order valence-corrected chi connectivity index (χ3v) is 0.555. The van der Waals surface area contributed by atoms with Crippen LogP contribution in [0.1, 0.15) is 0 Å². The zero-order valence-electron chi connectivity index (χ0n) is 3.31. The van der Waals surface area contributed by atoms with Crippen molar-refractivity contribution in [2.75, 3.05) is 0 Å². The van der Waals surface area contributed by atoms with Crippen molar-refractivity contribution in [3.63, 3.8) is 0 Å². The summed E-state index contributed by atoms with van der Waals surface area (Å²) in [5, 5.41) is 0. The Hall–Kier alpha value is -0.930. The number of hydrogen-bond acceptors (Lipinski definition) is 1. The molecule has 1 aromatic heterocycles. The van der Waals surface area contributed by atoms with E-state index in [0.29, 0.717) is 0 Å². The van der Waals surface area contributed by atoms with Gasteiger partial charge >= 0.3 is 6.08 Å². The molecule has 0 bridgehead atoms. The number of imidazole rings is 1. The molecule has 0 aliphatic carbocycles. The van der Waals surface area contributed by atoms with E-state index in [0.717, 1.165) is 12.4 Å². The summed E-state index contributed by atoms with van der Waals surface area (Å²) in [4.78, 5) is 2.74. The van der Waals surface area contributed by atoms with Crippen LogP contribution in [0, 0.1) is 6.08 Å². The second kappa shape index (κ2) is 1.29. The summed E-state index contributed by atoms with van der Waals surface area (Å²) >= 11 is 0. The molecular weight excluding hydrogens is 102 g/mol. The molecule has 38 valence electrons. The summed E-state index contributed by atoms with van der Waals surface area (Å²) < 4.78 is 23.1. The first-order valence-corrected chi connectivity index (χ1v) is 1.65. The Morgan fingerprint density at radius 2 is 2.43 bits per heavy atom. The minimum absolute atomic E-state index is 0.194. The second-order valence-electron chi connectivity index (χ2n) is 1.01. The summed E-state index contributed by atoms with van der Waals surface area (Å²) in [6.07, 6.45) is 0.810. The van der Waals surface area contributed by atoms with Crippen molar-refractivity contribution >= 4 is 0 Å². The highest BCUT2D eigenvalue weighted by Gasteiger charge is 1.93. The molecule has 0 saturated carbocycles. The number of aromatic nitrogens is 2. The van der Waals surface area contributed by atoms with Crippen molar-refractivity contribution in [2.45, 2.75) is 0 Å². The highest BCUT2D eigenvalue weighted by molar-refractivity contribution is 4.71. The normalized spacial score (nSPS) is 9.43. The largest absolute Gasteiger partial charge is 0.317 e. The van der Waals surface area contributed by atoms with Crippen molar-refractivity contribution < 1.29 is 8.87 Å². The van der Waals surface area contributed by atoms with E-state index in [1.54, 1.807) is 0 Å². The Morgan fingerprint density at radius 1 is 1.71 bits per heavy atom. The van der Waals surface area contributed by atoms with Gasteiger partial charge in [0, 0.05) is 0 Å². The molecule has 1 heterocycles. The fraction of sp³-hybridized carbons (Fsp3) is 0. The fourth-order valence-corrected chi connectivity index (χ4v) is 0.270. The summed E-state index contributed by atoms with van der Waals surface area (Å²) in [6.45, 7) is 0. The highest BCUT2D eigenvalue weighted by atomic mass is 19.2. The highest BCUT2D eigenvalue weighted by Crippen LogP contribution is 1.90. The lowest BCUT2D eigenvalue weighted by Crippen LogP contribution is -1.82. The average molecular weight is 104 g/mol. The van der Waals surface area contributed by atoms with Crippen LogP contribution in [0.2, 0.25) is 0 Å². The molecule has 0 fully saturated rings. The lowest BCUT2D eigenvalue weighted by molar-refractivity contribution is 0.289. The van der Waals surface area contributed by atoms with Crippen molar-refractivity contribution in [1.29, 1.82) is 0 Å². The smallest absolute Gasteiger partial charge is 0.209 e. The molecule has 0 spiro atoms. The lowest BCUT2D eigenvalue weighted by Gasteiger charge is -1.76. The molecular formula is C3H2F2N2. The maximum absolute atomic E-state index is 11.6. The van der Waals surface area contributed by atoms with E-state index in [1.165, 1.54) is 0 Å². The van der Waals surface area contributed by atoms with Crippen LogP contribution in [0.5, 0.6) is 0 Å². The molecule has 0 unspecified atom stereocenters. The molecule has 1 rings (SSSR count). The topological polar surface area (TPSA) is 17.8 Å². The lowest BCUT2D eigenvalue weighted by atomic mass is 11.0. The van der Waals surface area contributed by atoms with Crippen molar-refractivity contribution in [3.8, 4) is 0 Å². The van der Waals surface area contributed by atoms with Gasteiger partial charge in [0.1, 0.15) is 0 Å². The van der Waals surface area contributed by atoms with Crippen LogP contribution in [0.4, 0.5) is 8.87 Å². The van der Waals surface area contributed by atoms with Gasteiger partial charge in [-0.25, -0.2) is 4.98 Å². The molecule has 0 saturated heterocycles. The van der Waals surface area contributed by atoms with Gasteiger partial charge in [0.05, 0.1) is 12.4 Å². The Bertz CT molecular complexity index is 143. The zero-order valence-corrected chi connectivity index (χ0v) is 3.31. The Balaban J connectivity index is 3.12. The summed E-state index contributed by atoms with van der Waals surface area (Å²) in [6, 6.07) is 0. The second-order valence-corrected chi connectivity index (χ2v) is 1.01. The van der Waals surface area contributed by atoms with E-state index in [4.69, 9.17) is 0 Å². The number of rotatable bonds is 0. The molecule has 0 amide bonds. The average Bonchev–Trinajstić information content (AvgIpc) is 1.91. The predicted octanol–water partition coefficient (Wildman–Crippen LogP) is 0.755. The molecule has 0 N–H and O–H groups in total. The van der Waals surface area contributed by atoms with Gasteiger partial charge in [0.25, 0.3) is 0 Å². The van der Waals surface area contributed by atoms with E-state index < -0.39 is 6.08 Å². The Labute approximate surface area is 38.3 Å². The number of halogens is 2. The van der Waals surface area contributed by atoms with Gasteiger partial charge < -0.3 is 0 Å². The van der Waals surface area contributed by atoms with Crippen LogP contribution >= 0.6 is 0 Å². The number of nitrogens with zero attached hydrogens (tertiary/aromatic N) is 2. The van der Waals surface area contributed by atoms with E-state index in [2.05, 4.69) is 4.98 Å².